The van der Waals surface area contributed by atoms with Crippen LogP contribution in [0.2, 0.25) is 0 Å². The Bertz CT molecular complexity index is 542. The van der Waals surface area contributed by atoms with Gasteiger partial charge in [-0.3, -0.25) is 0 Å². The first-order valence-corrected chi connectivity index (χ1v) is 4.77. The van der Waals surface area contributed by atoms with Crippen LogP contribution >= 0.6 is 0 Å². The van der Waals surface area contributed by atoms with Gasteiger partial charge in [-0.05, 0) is 18.6 Å². The van der Waals surface area contributed by atoms with E-state index >= 15 is 0 Å². The normalized spacial score (nSPS) is 10.4. The highest BCUT2D eigenvalue weighted by molar-refractivity contribution is 5.96. The molecule has 0 fully saturated rings. The van der Waals surface area contributed by atoms with E-state index in [2.05, 4.69) is 6.92 Å². The molecule has 1 aromatic heterocycles. The largest absolute Gasteiger partial charge is 0.495 e. The number of rotatable bonds is 1. The minimum Gasteiger partial charge on any atom is -0.495 e. The van der Waals surface area contributed by atoms with Crippen molar-refractivity contribution >= 4 is 17.0 Å². The van der Waals surface area contributed by atoms with E-state index in [9.17, 15) is 4.79 Å². The third-order valence-electron chi connectivity index (χ3n) is 2.46. The van der Waals surface area contributed by atoms with Crippen molar-refractivity contribution in [3.8, 4) is 5.75 Å². The van der Waals surface area contributed by atoms with Crippen LogP contribution in [0, 0.1) is 6.92 Å². The monoisotopic (exact) mass is 218 g/mol. The molecular formula is C12H12NO3. The highest BCUT2D eigenvalue weighted by atomic mass is 16.5. The van der Waals surface area contributed by atoms with Crippen molar-refractivity contribution < 1.29 is 14.3 Å². The van der Waals surface area contributed by atoms with Gasteiger partial charge in [0.25, 0.3) is 0 Å². The third kappa shape index (κ3) is 1.43. The molecule has 0 saturated carbocycles. The van der Waals surface area contributed by atoms with Crippen LogP contribution in [0.4, 0.5) is 4.79 Å². The molecule has 0 saturated heterocycles. The van der Waals surface area contributed by atoms with Gasteiger partial charge in [0.1, 0.15) is 11.3 Å². The number of benzene rings is 1. The first-order valence-electron chi connectivity index (χ1n) is 4.77. The predicted molar refractivity (Wildman–Crippen MR) is 60.8 cm³/mol. The van der Waals surface area contributed by atoms with E-state index in [1.807, 2.05) is 12.1 Å². The lowest BCUT2D eigenvalue weighted by atomic mass is 10.2. The van der Waals surface area contributed by atoms with Gasteiger partial charge in [0.15, 0.2) is 0 Å². The maximum absolute atomic E-state index is 11.6. The number of carbonyl (C=O) groups is 1. The van der Waals surface area contributed by atoms with Gasteiger partial charge < -0.3 is 9.47 Å². The van der Waals surface area contributed by atoms with Crippen molar-refractivity contribution in [2.75, 3.05) is 14.2 Å². The molecule has 0 aliphatic carbocycles. The molecule has 16 heavy (non-hydrogen) atoms. The van der Waals surface area contributed by atoms with Crippen molar-refractivity contribution in [2.45, 2.75) is 0 Å². The summed E-state index contributed by atoms with van der Waals surface area (Å²) in [4.78, 5) is 11.6. The van der Waals surface area contributed by atoms with Gasteiger partial charge in [0.2, 0.25) is 0 Å². The van der Waals surface area contributed by atoms with Crippen molar-refractivity contribution in [3.63, 3.8) is 0 Å². The third-order valence-corrected chi connectivity index (χ3v) is 2.46. The topological polar surface area (TPSA) is 40.5 Å². The Morgan fingerprint density at radius 3 is 2.75 bits per heavy atom. The average molecular weight is 218 g/mol. The van der Waals surface area contributed by atoms with E-state index in [0.717, 1.165) is 10.9 Å². The second-order valence-corrected chi connectivity index (χ2v) is 3.35. The Hall–Kier alpha value is -1.97. The molecule has 0 atom stereocenters. The minimum absolute atomic E-state index is 0.454. The molecule has 0 spiro atoms. The van der Waals surface area contributed by atoms with Gasteiger partial charge >= 0.3 is 6.09 Å². The van der Waals surface area contributed by atoms with E-state index in [1.165, 1.54) is 11.7 Å². The van der Waals surface area contributed by atoms with Crippen molar-refractivity contribution in [1.82, 2.24) is 4.57 Å². The van der Waals surface area contributed by atoms with E-state index in [1.54, 1.807) is 19.4 Å². The predicted octanol–water partition coefficient (Wildman–Crippen LogP) is 2.45. The number of methoxy groups -OCH3 is 2. The van der Waals surface area contributed by atoms with Crippen LogP contribution in [-0.2, 0) is 4.74 Å². The van der Waals surface area contributed by atoms with Crippen LogP contribution in [0.25, 0.3) is 10.9 Å². The molecule has 0 bridgehead atoms. The van der Waals surface area contributed by atoms with Crippen molar-refractivity contribution in [1.29, 1.82) is 0 Å². The fraction of sp³-hybridized carbons (Fsp3) is 0.167. The Morgan fingerprint density at radius 2 is 2.12 bits per heavy atom. The van der Waals surface area contributed by atoms with Gasteiger partial charge in [0.05, 0.1) is 14.2 Å². The molecule has 0 N–H and O–H groups in total. The summed E-state index contributed by atoms with van der Waals surface area (Å²) in [6, 6.07) is 5.54. The van der Waals surface area contributed by atoms with Gasteiger partial charge in [-0.25, -0.2) is 9.36 Å². The number of carbonyl (C=O) groups excluding carboxylic acids is 1. The zero-order valence-corrected chi connectivity index (χ0v) is 9.19. The molecule has 0 unspecified atom stereocenters. The van der Waals surface area contributed by atoms with E-state index < -0.39 is 6.09 Å². The molecule has 83 valence electrons. The first-order chi connectivity index (χ1) is 7.69. The summed E-state index contributed by atoms with van der Waals surface area (Å²) < 4.78 is 11.3. The van der Waals surface area contributed by atoms with Crippen LogP contribution in [0.15, 0.2) is 24.4 Å². The smallest absolute Gasteiger partial charge is 0.418 e. The summed E-state index contributed by atoms with van der Waals surface area (Å²) in [7, 11) is 2.90. The van der Waals surface area contributed by atoms with Gasteiger partial charge in [-0.2, -0.15) is 0 Å². The Balaban J connectivity index is 2.79. The van der Waals surface area contributed by atoms with E-state index in [0.29, 0.717) is 11.3 Å². The molecule has 4 nitrogen and oxygen atoms in total. The molecule has 2 aromatic rings. The summed E-state index contributed by atoms with van der Waals surface area (Å²) in [6.45, 7) is 3.88. The molecule has 2 rings (SSSR count). The summed E-state index contributed by atoms with van der Waals surface area (Å²) >= 11 is 0. The summed E-state index contributed by atoms with van der Waals surface area (Å²) in [6.07, 6.45) is 1.18. The average Bonchev–Trinajstić information content (AvgIpc) is 2.66. The number of ether oxygens (including phenoxy) is 2. The number of nitrogens with zero attached hydrogens (tertiary/aromatic N) is 1. The van der Waals surface area contributed by atoms with Crippen molar-refractivity contribution in [3.05, 3.63) is 36.9 Å². The number of aromatic nitrogens is 1. The molecule has 1 radical (unpaired) electrons. The molecule has 1 aromatic carbocycles. The highest BCUT2D eigenvalue weighted by Crippen LogP contribution is 2.29. The summed E-state index contributed by atoms with van der Waals surface area (Å²) in [5, 5.41) is 0.879. The lowest BCUT2D eigenvalue weighted by Gasteiger charge is -2.06. The molecular weight excluding hydrogens is 206 g/mol. The fourth-order valence-electron chi connectivity index (χ4n) is 1.73. The molecule has 4 heteroatoms. The molecule has 0 aliphatic heterocycles. The number of hydrogen-bond donors (Lipinski definition) is 0. The molecule has 0 amide bonds. The van der Waals surface area contributed by atoms with Gasteiger partial charge in [0, 0.05) is 11.6 Å². The number of hydrogen-bond acceptors (Lipinski definition) is 3. The molecule has 1 heterocycles. The second-order valence-electron chi connectivity index (χ2n) is 3.35. The maximum Gasteiger partial charge on any atom is 0.418 e. The van der Waals surface area contributed by atoms with Crippen LogP contribution in [0.5, 0.6) is 5.75 Å². The maximum atomic E-state index is 11.6. The second kappa shape index (κ2) is 3.89. The standard InChI is InChI=1S/C12H12NO3/c1-8-7-13(12(14)16-3)11-9(8)5-4-6-10(11)15-2/h4-7H,1H2,2-3H3. The first kappa shape index (κ1) is 10.5. The van der Waals surface area contributed by atoms with Gasteiger partial charge in [-0.1, -0.05) is 12.1 Å². The zero-order chi connectivity index (χ0) is 11.7. The van der Waals surface area contributed by atoms with Crippen molar-refractivity contribution in [2.24, 2.45) is 0 Å². The Morgan fingerprint density at radius 1 is 1.38 bits per heavy atom. The summed E-state index contributed by atoms with van der Waals surface area (Å²) in [5.74, 6) is 0.623. The highest BCUT2D eigenvalue weighted by Gasteiger charge is 2.15. The fourth-order valence-corrected chi connectivity index (χ4v) is 1.73. The lowest BCUT2D eigenvalue weighted by Crippen LogP contribution is -2.10. The Labute approximate surface area is 93.4 Å². The molecule has 0 aliphatic rings. The number of fused-ring (bicyclic) bond motifs is 1. The van der Waals surface area contributed by atoms with Crippen LogP contribution in [0.3, 0.4) is 0 Å². The van der Waals surface area contributed by atoms with E-state index in [-0.39, 0.29) is 0 Å². The SMILES string of the molecule is [CH2]c1cn(C(=O)OC)c2c(OC)cccc12. The van der Waals surface area contributed by atoms with Crippen LogP contribution in [0.1, 0.15) is 5.56 Å². The minimum atomic E-state index is -0.454. The van der Waals surface area contributed by atoms with Crippen LogP contribution < -0.4 is 4.74 Å². The van der Waals surface area contributed by atoms with Crippen LogP contribution in [-0.4, -0.2) is 24.9 Å². The zero-order valence-electron chi connectivity index (χ0n) is 9.19. The Kier molecular flexibility index (Phi) is 2.56. The van der Waals surface area contributed by atoms with E-state index in [4.69, 9.17) is 9.47 Å². The number of para-hydroxylation sites is 1. The van der Waals surface area contributed by atoms with Gasteiger partial charge in [-0.15, -0.1) is 0 Å². The summed E-state index contributed by atoms with van der Waals surface area (Å²) in [5.41, 5.74) is 1.45. The lowest BCUT2D eigenvalue weighted by molar-refractivity contribution is 0.174. The quantitative estimate of drug-likeness (QED) is 0.738.